The molecular formula is C19H22N2O4. The fraction of sp³-hybridized carbons (Fsp3) is 0.263. The molecule has 0 aliphatic carbocycles. The molecule has 6 nitrogen and oxygen atoms in total. The summed E-state index contributed by atoms with van der Waals surface area (Å²) in [5, 5.41) is 11.8. The maximum Gasteiger partial charge on any atom is 0.343 e. The van der Waals surface area contributed by atoms with Gasteiger partial charge < -0.3 is 20.4 Å². The predicted octanol–water partition coefficient (Wildman–Crippen LogP) is 3.40. The van der Waals surface area contributed by atoms with Crippen molar-refractivity contribution in [2.75, 3.05) is 0 Å². The monoisotopic (exact) mass is 342 g/mol. The van der Waals surface area contributed by atoms with Gasteiger partial charge in [0.05, 0.1) is 11.7 Å². The number of carbonyl (C=O) groups is 1. The summed E-state index contributed by atoms with van der Waals surface area (Å²) in [5.41, 5.74) is 8.03. The molecule has 0 radical (unpaired) electrons. The van der Waals surface area contributed by atoms with Crippen LogP contribution in [0.25, 0.3) is 0 Å². The van der Waals surface area contributed by atoms with Gasteiger partial charge in [0.2, 0.25) is 0 Å². The van der Waals surface area contributed by atoms with Gasteiger partial charge in [-0.3, -0.25) is 0 Å². The highest BCUT2D eigenvalue weighted by molar-refractivity contribution is 5.98. The molecule has 0 atom stereocenters. The second kappa shape index (κ2) is 7.70. The molecule has 132 valence electrons. The zero-order valence-corrected chi connectivity index (χ0v) is 14.7. The fourth-order valence-corrected chi connectivity index (χ4v) is 2.41. The van der Waals surface area contributed by atoms with E-state index in [4.69, 9.17) is 20.4 Å². The average Bonchev–Trinajstić information content (AvgIpc) is 2.57. The number of hydrogen-bond donors (Lipinski definition) is 2. The molecule has 25 heavy (non-hydrogen) atoms. The largest absolute Gasteiger partial charge is 0.491 e. The molecule has 0 saturated heterocycles. The Morgan fingerprint density at radius 3 is 2.12 bits per heavy atom. The van der Waals surface area contributed by atoms with E-state index in [1.54, 1.807) is 50.2 Å². The predicted molar refractivity (Wildman–Crippen MR) is 95.6 cm³/mol. The molecule has 0 aliphatic rings. The van der Waals surface area contributed by atoms with Crippen LogP contribution in [0.1, 0.15) is 40.9 Å². The van der Waals surface area contributed by atoms with Gasteiger partial charge in [-0.1, -0.05) is 5.16 Å². The standard InChI is InChI=1S/C19H22N2O4/c1-11(2)24-16-7-5-14(6-8-16)19(22)25-17-12(3)9-15(10-13(17)4)18(20)21-23/h5-11,23H,1-4H3,(H2,20,21). The van der Waals surface area contributed by atoms with Crippen molar-refractivity contribution in [3.63, 3.8) is 0 Å². The van der Waals surface area contributed by atoms with Gasteiger partial charge in [0.15, 0.2) is 5.84 Å². The lowest BCUT2D eigenvalue weighted by Gasteiger charge is -2.13. The van der Waals surface area contributed by atoms with Crippen molar-refractivity contribution in [2.24, 2.45) is 10.9 Å². The second-order valence-electron chi connectivity index (χ2n) is 6.00. The Morgan fingerprint density at radius 1 is 1.08 bits per heavy atom. The minimum absolute atomic E-state index is 0.00446. The van der Waals surface area contributed by atoms with Crippen LogP contribution < -0.4 is 15.2 Å². The van der Waals surface area contributed by atoms with Gasteiger partial charge in [0.25, 0.3) is 0 Å². The van der Waals surface area contributed by atoms with Crippen LogP contribution in [0.2, 0.25) is 0 Å². The van der Waals surface area contributed by atoms with E-state index in [0.29, 0.717) is 22.6 Å². The molecule has 2 aromatic carbocycles. The Balaban J connectivity index is 2.20. The SMILES string of the molecule is Cc1cc(C(N)=NO)cc(C)c1OC(=O)c1ccc(OC(C)C)cc1. The third kappa shape index (κ3) is 4.50. The van der Waals surface area contributed by atoms with Gasteiger partial charge >= 0.3 is 5.97 Å². The lowest BCUT2D eigenvalue weighted by atomic mass is 10.0. The summed E-state index contributed by atoms with van der Waals surface area (Å²) in [6, 6.07) is 10.2. The topological polar surface area (TPSA) is 94.1 Å². The lowest BCUT2D eigenvalue weighted by Crippen LogP contribution is -2.15. The number of benzene rings is 2. The molecule has 3 N–H and O–H groups in total. The molecule has 0 saturated carbocycles. The number of esters is 1. The molecule has 6 heteroatoms. The van der Waals surface area contributed by atoms with Gasteiger partial charge in [0, 0.05) is 5.56 Å². The number of oxime groups is 1. The molecule has 0 aromatic heterocycles. The van der Waals surface area contributed by atoms with Gasteiger partial charge in [-0.2, -0.15) is 0 Å². The van der Waals surface area contributed by atoms with Crippen molar-refractivity contribution < 1.29 is 19.5 Å². The van der Waals surface area contributed by atoms with Crippen LogP contribution in [0.3, 0.4) is 0 Å². The minimum Gasteiger partial charge on any atom is -0.491 e. The number of carbonyl (C=O) groups excluding carboxylic acids is 1. The highest BCUT2D eigenvalue weighted by Crippen LogP contribution is 2.26. The maximum absolute atomic E-state index is 12.4. The smallest absolute Gasteiger partial charge is 0.343 e. The first-order valence-corrected chi connectivity index (χ1v) is 7.90. The van der Waals surface area contributed by atoms with Crippen molar-refractivity contribution in [1.29, 1.82) is 0 Å². The lowest BCUT2D eigenvalue weighted by molar-refractivity contribution is 0.0732. The van der Waals surface area contributed by atoms with E-state index in [2.05, 4.69) is 5.16 Å². The molecule has 0 aliphatic heterocycles. The number of hydrogen-bond acceptors (Lipinski definition) is 5. The van der Waals surface area contributed by atoms with E-state index in [9.17, 15) is 4.79 Å². The first-order valence-electron chi connectivity index (χ1n) is 7.90. The quantitative estimate of drug-likeness (QED) is 0.217. The summed E-state index contributed by atoms with van der Waals surface area (Å²) >= 11 is 0. The van der Waals surface area contributed by atoms with Gasteiger partial charge in [-0.15, -0.1) is 0 Å². The minimum atomic E-state index is -0.459. The summed E-state index contributed by atoms with van der Waals surface area (Å²) < 4.78 is 11.1. The second-order valence-corrected chi connectivity index (χ2v) is 6.00. The van der Waals surface area contributed by atoms with Crippen LogP contribution in [-0.2, 0) is 0 Å². The van der Waals surface area contributed by atoms with Crippen LogP contribution in [0, 0.1) is 13.8 Å². The van der Waals surface area contributed by atoms with E-state index in [1.165, 1.54) is 0 Å². The van der Waals surface area contributed by atoms with Crippen LogP contribution in [0.4, 0.5) is 0 Å². The van der Waals surface area contributed by atoms with E-state index in [-0.39, 0.29) is 11.9 Å². The Bertz CT molecular complexity index is 773. The summed E-state index contributed by atoms with van der Waals surface area (Å²) in [4.78, 5) is 12.4. The van der Waals surface area contributed by atoms with Crippen molar-refractivity contribution in [3.8, 4) is 11.5 Å². The van der Waals surface area contributed by atoms with E-state index >= 15 is 0 Å². The number of nitrogens with zero attached hydrogens (tertiary/aromatic N) is 1. The molecular weight excluding hydrogens is 320 g/mol. The van der Waals surface area contributed by atoms with Crippen LogP contribution in [0.15, 0.2) is 41.6 Å². The zero-order chi connectivity index (χ0) is 18.6. The molecule has 0 amide bonds. The first-order chi connectivity index (χ1) is 11.8. The molecule has 2 rings (SSSR count). The van der Waals surface area contributed by atoms with Crippen LogP contribution in [0.5, 0.6) is 11.5 Å². The third-order valence-corrected chi connectivity index (χ3v) is 3.52. The summed E-state index contributed by atoms with van der Waals surface area (Å²) in [6.45, 7) is 7.46. The van der Waals surface area contributed by atoms with Crippen molar-refractivity contribution in [1.82, 2.24) is 0 Å². The number of amidine groups is 1. The highest BCUT2D eigenvalue weighted by Gasteiger charge is 2.15. The third-order valence-electron chi connectivity index (χ3n) is 3.52. The van der Waals surface area contributed by atoms with Crippen LogP contribution in [-0.4, -0.2) is 23.1 Å². The van der Waals surface area contributed by atoms with Gasteiger partial charge in [-0.25, -0.2) is 4.79 Å². The summed E-state index contributed by atoms with van der Waals surface area (Å²) in [6.07, 6.45) is 0.0662. The van der Waals surface area contributed by atoms with Crippen molar-refractivity contribution in [2.45, 2.75) is 33.8 Å². The normalized spacial score (nSPS) is 11.5. The molecule has 0 fully saturated rings. The average molecular weight is 342 g/mol. The molecule has 0 unspecified atom stereocenters. The molecule has 2 aromatic rings. The molecule has 0 heterocycles. The number of nitrogens with two attached hydrogens (primary N) is 1. The zero-order valence-electron chi connectivity index (χ0n) is 14.7. The number of ether oxygens (including phenoxy) is 2. The Morgan fingerprint density at radius 2 is 1.64 bits per heavy atom. The summed E-state index contributed by atoms with van der Waals surface area (Å²) in [7, 11) is 0. The van der Waals surface area contributed by atoms with Crippen molar-refractivity contribution in [3.05, 3.63) is 58.7 Å². The van der Waals surface area contributed by atoms with Gasteiger partial charge in [-0.05, 0) is 75.2 Å². The fourth-order valence-electron chi connectivity index (χ4n) is 2.41. The molecule has 0 spiro atoms. The Labute approximate surface area is 146 Å². The van der Waals surface area contributed by atoms with E-state index < -0.39 is 5.97 Å². The summed E-state index contributed by atoms with van der Waals surface area (Å²) in [5.74, 6) is 0.702. The number of rotatable bonds is 5. The Hall–Kier alpha value is -3.02. The van der Waals surface area contributed by atoms with E-state index in [1.807, 2.05) is 13.8 Å². The first kappa shape index (κ1) is 18.3. The van der Waals surface area contributed by atoms with Gasteiger partial charge in [0.1, 0.15) is 11.5 Å². The number of aryl methyl sites for hydroxylation is 2. The van der Waals surface area contributed by atoms with Crippen molar-refractivity contribution >= 4 is 11.8 Å². The highest BCUT2D eigenvalue weighted by atomic mass is 16.5. The maximum atomic E-state index is 12.4. The Kier molecular flexibility index (Phi) is 5.64. The molecule has 0 bridgehead atoms. The van der Waals surface area contributed by atoms with Crippen LogP contribution >= 0.6 is 0 Å². The van der Waals surface area contributed by atoms with E-state index in [0.717, 1.165) is 11.1 Å².